The fourth-order valence-corrected chi connectivity index (χ4v) is 7.56. The summed E-state index contributed by atoms with van der Waals surface area (Å²) in [7, 11) is -2.41. The smallest absolute Gasteiger partial charge is 0.265 e. The van der Waals surface area contributed by atoms with E-state index >= 15 is 0 Å². The van der Waals surface area contributed by atoms with E-state index in [4.69, 9.17) is 23.2 Å². The van der Waals surface area contributed by atoms with Crippen LogP contribution in [0.5, 0.6) is 0 Å². The molecular weight excluding hydrogens is 583 g/mol. The van der Waals surface area contributed by atoms with Gasteiger partial charge < -0.3 is 5.32 Å². The highest BCUT2D eigenvalue weighted by Gasteiger charge is 2.36. The predicted octanol–water partition coefficient (Wildman–Crippen LogP) is 7.21. The molecule has 190 valence electrons. The summed E-state index contributed by atoms with van der Waals surface area (Å²) in [6.07, 6.45) is 5.03. The van der Waals surface area contributed by atoms with Gasteiger partial charge in [-0.05, 0) is 76.8 Å². The topological polar surface area (TPSA) is 66.5 Å². The lowest BCUT2D eigenvalue weighted by Gasteiger charge is -2.38. The maximum atomic E-state index is 13.4. The van der Waals surface area contributed by atoms with Crippen LogP contribution in [0.4, 0.5) is 5.69 Å². The van der Waals surface area contributed by atoms with Crippen LogP contribution >= 0.6 is 39.1 Å². The number of carbonyl (C=O) groups is 1. The number of halogens is 3. The van der Waals surface area contributed by atoms with E-state index in [0.29, 0.717) is 26.8 Å². The first-order chi connectivity index (χ1) is 17.1. The Bertz CT molecular complexity index is 1360. The highest BCUT2D eigenvalue weighted by Crippen LogP contribution is 2.42. The first-order valence-corrected chi connectivity index (χ1v) is 14.7. The number of carbonyl (C=O) groups excluding carboxylic acids is 1. The average molecular weight is 610 g/mol. The number of amides is 1. The SMILES string of the molecule is CN(c1ccccc1)S(=O)(=O)c1cc(C(=O)NCC2(c3ccc(Cl)cc3Cl)CCCCC2)ccc1Br. The summed E-state index contributed by atoms with van der Waals surface area (Å²) in [6.45, 7) is 0.398. The van der Waals surface area contributed by atoms with E-state index in [1.165, 1.54) is 17.4 Å². The highest BCUT2D eigenvalue weighted by atomic mass is 79.9. The third-order valence-corrected chi connectivity index (χ3v) is 10.2. The summed E-state index contributed by atoms with van der Waals surface area (Å²) in [6, 6.07) is 18.9. The third kappa shape index (κ3) is 5.59. The van der Waals surface area contributed by atoms with Crippen LogP contribution in [0, 0.1) is 0 Å². The number of nitrogens with one attached hydrogen (secondary N) is 1. The molecule has 3 aromatic rings. The molecule has 4 rings (SSSR count). The second kappa shape index (κ2) is 11.1. The van der Waals surface area contributed by atoms with Gasteiger partial charge in [0.2, 0.25) is 0 Å². The first-order valence-electron chi connectivity index (χ1n) is 11.7. The number of rotatable bonds is 7. The maximum absolute atomic E-state index is 13.4. The Hall–Kier alpha value is -2.06. The van der Waals surface area contributed by atoms with Crippen molar-refractivity contribution in [2.75, 3.05) is 17.9 Å². The van der Waals surface area contributed by atoms with Crippen molar-refractivity contribution in [1.29, 1.82) is 0 Å². The van der Waals surface area contributed by atoms with Gasteiger partial charge in [0.15, 0.2) is 0 Å². The number of para-hydroxylation sites is 1. The molecule has 0 atom stereocenters. The Morgan fingerprint density at radius 1 is 1.00 bits per heavy atom. The minimum Gasteiger partial charge on any atom is -0.351 e. The van der Waals surface area contributed by atoms with Gasteiger partial charge >= 0.3 is 0 Å². The number of sulfonamides is 1. The lowest BCUT2D eigenvalue weighted by atomic mass is 9.69. The molecule has 1 saturated carbocycles. The van der Waals surface area contributed by atoms with Crippen molar-refractivity contribution < 1.29 is 13.2 Å². The van der Waals surface area contributed by atoms with E-state index in [9.17, 15) is 13.2 Å². The van der Waals surface area contributed by atoms with E-state index in [1.54, 1.807) is 42.5 Å². The van der Waals surface area contributed by atoms with Gasteiger partial charge in [-0.25, -0.2) is 8.42 Å². The molecule has 1 aliphatic carbocycles. The zero-order chi connectivity index (χ0) is 25.9. The van der Waals surface area contributed by atoms with Crippen LogP contribution in [-0.4, -0.2) is 27.9 Å². The zero-order valence-corrected chi connectivity index (χ0v) is 23.7. The fourth-order valence-electron chi connectivity index (χ4n) is 4.81. The molecule has 0 heterocycles. The minimum atomic E-state index is -3.90. The predicted molar refractivity (Wildman–Crippen MR) is 150 cm³/mol. The van der Waals surface area contributed by atoms with Crippen LogP contribution < -0.4 is 9.62 Å². The van der Waals surface area contributed by atoms with E-state index in [2.05, 4.69) is 21.2 Å². The van der Waals surface area contributed by atoms with Crippen LogP contribution in [0.2, 0.25) is 10.0 Å². The molecule has 1 amide bonds. The van der Waals surface area contributed by atoms with Crippen molar-refractivity contribution in [3.05, 3.63) is 92.4 Å². The molecule has 9 heteroatoms. The third-order valence-electron chi connectivity index (χ3n) is 6.85. The quantitative estimate of drug-likeness (QED) is 0.308. The van der Waals surface area contributed by atoms with E-state index < -0.39 is 10.0 Å². The van der Waals surface area contributed by atoms with E-state index in [0.717, 1.165) is 37.7 Å². The molecular formula is C27H27BrCl2N2O3S. The molecule has 0 aliphatic heterocycles. The Morgan fingerprint density at radius 2 is 1.69 bits per heavy atom. The zero-order valence-electron chi connectivity index (χ0n) is 19.8. The standard InChI is InChI=1S/C27H27BrCl2N2O3S/c1-32(21-8-4-2-5-9-21)36(34,35)25-16-19(10-13-23(25)28)26(33)31-18-27(14-6-3-7-15-27)22-12-11-20(29)17-24(22)30/h2,4-5,8-13,16-17H,3,6-7,14-15,18H2,1H3,(H,31,33). The van der Waals surface area contributed by atoms with E-state index in [1.807, 2.05) is 18.2 Å². The van der Waals surface area contributed by atoms with Gasteiger partial charge in [-0.3, -0.25) is 9.10 Å². The average Bonchev–Trinajstić information content (AvgIpc) is 2.88. The van der Waals surface area contributed by atoms with Gasteiger partial charge in [-0.2, -0.15) is 0 Å². The van der Waals surface area contributed by atoms with Crippen molar-refractivity contribution in [1.82, 2.24) is 5.32 Å². The molecule has 1 N–H and O–H groups in total. The van der Waals surface area contributed by atoms with Gasteiger partial charge in [0.05, 0.1) is 5.69 Å². The molecule has 0 radical (unpaired) electrons. The number of benzene rings is 3. The Balaban J connectivity index is 1.59. The molecule has 0 aromatic heterocycles. The summed E-state index contributed by atoms with van der Waals surface area (Å²) in [5, 5.41) is 4.22. The van der Waals surface area contributed by atoms with Crippen molar-refractivity contribution in [2.24, 2.45) is 0 Å². The van der Waals surface area contributed by atoms with Gasteiger partial charge in [0.25, 0.3) is 15.9 Å². The summed E-state index contributed by atoms with van der Waals surface area (Å²) in [5.74, 6) is -0.337. The lowest BCUT2D eigenvalue weighted by Crippen LogP contribution is -2.42. The van der Waals surface area contributed by atoms with Crippen molar-refractivity contribution in [3.63, 3.8) is 0 Å². The summed E-state index contributed by atoms with van der Waals surface area (Å²) in [5.41, 5.74) is 1.48. The number of hydrogen-bond acceptors (Lipinski definition) is 3. The molecule has 1 aliphatic rings. The van der Waals surface area contributed by atoms with Crippen LogP contribution in [0.1, 0.15) is 48.0 Å². The monoisotopic (exact) mass is 608 g/mol. The molecule has 5 nitrogen and oxygen atoms in total. The Labute approximate surface area is 231 Å². The highest BCUT2D eigenvalue weighted by molar-refractivity contribution is 9.10. The number of anilines is 1. The molecule has 0 unspecified atom stereocenters. The van der Waals surface area contributed by atoms with Gasteiger partial charge in [-0.15, -0.1) is 0 Å². The Morgan fingerprint density at radius 3 is 2.36 bits per heavy atom. The molecule has 0 spiro atoms. The largest absolute Gasteiger partial charge is 0.351 e. The maximum Gasteiger partial charge on any atom is 0.265 e. The second-order valence-corrected chi connectivity index (χ2v) is 12.7. The fraction of sp³-hybridized carbons (Fsp3) is 0.296. The normalized spacial score (nSPS) is 15.3. The Kier molecular flexibility index (Phi) is 8.35. The summed E-state index contributed by atoms with van der Waals surface area (Å²) in [4.78, 5) is 13.3. The first kappa shape index (κ1) is 27.0. The summed E-state index contributed by atoms with van der Waals surface area (Å²) < 4.78 is 28.3. The second-order valence-electron chi connectivity index (χ2n) is 9.10. The van der Waals surface area contributed by atoms with Crippen LogP contribution in [-0.2, 0) is 15.4 Å². The molecule has 0 saturated heterocycles. The molecule has 0 bridgehead atoms. The van der Waals surface area contributed by atoms with Crippen LogP contribution in [0.15, 0.2) is 76.1 Å². The molecule has 3 aromatic carbocycles. The number of nitrogens with zero attached hydrogens (tertiary/aromatic N) is 1. The van der Waals surface area contributed by atoms with Gasteiger partial charge in [0, 0.05) is 39.1 Å². The molecule has 36 heavy (non-hydrogen) atoms. The van der Waals surface area contributed by atoms with Crippen molar-refractivity contribution in [3.8, 4) is 0 Å². The minimum absolute atomic E-state index is 0.0228. The van der Waals surface area contributed by atoms with Crippen molar-refractivity contribution in [2.45, 2.75) is 42.4 Å². The van der Waals surface area contributed by atoms with Crippen molar-refractivity contribution >= 4 is 60.7 Å². The van der Waals surface area contributed by atoms with Gasteiger partial charge in [0.1, 0.15) is 4.90 Å². The lowest BCUT2D eigenvalue weighted by molar-refractivity contribution is 0.0936. The number of hydrogen-bond donors (Lipinski definition) is 1. The van der Waals surface area contributed by atoms with Gasteiger partial charge in [-0.1, -0.05) is 66.7 Å². The van der Waals surface area contributed by atoms with Crippen LogP contribution in [0.25, 0.3) is 0 Å². The van der Waals surface area contributed by atoms with E-state index in [-0.39, 0.29) is 21.8 Å². The van der Waals surface area contributed by atoms with Crippen LogP contribution in [0.3, 0.4) is 0 Å². The molecule has 1 fully saturated rings. The summed E-state index contributed by atoms with van der Waals surface area (Å²) >= 11 is 16.1.